The standard InChI is InChI=1S/C24H26O4S/c1-10(12-2-3-29-9-12)19(23(25)26)22(24(27)28)20-13-7-15-14-4-11-5-17(15)21(20)18(6-11)16(14)8-13/h2-3,9,11,13-18,21H,4-8H2,1H3,(H,25,26)(H,27,28)/b19-10+,22-20-. The summed E-state index contributed by atoms with van der Waals surface area (Å²) in [6, 6.07) is 1.88. The lowest BCUT2D eigenvalue weighted by Gasteiger charge is -2.70. The Morgan fingerprint density at radius 1 is 0.931 bits per heavy atom. The monoisotopic (exact) mass is 410 g/mol. The summed E-state index contributed by atoms with van der Waals surface area (Å²) in [5.41, 5.74) is 2.54. The van der Waals surface area contributed by atoms with Crippen molar-refractivity contribution in [3.05, 3.63) is 39.1 Å². The van der Waals surface area contributed by atoms with E-state index < -0.39 is 11.9 Å². The molecule has 0 aliphatic heterocycles. The van der Waals surface area contributed by atoms with Gasteiger partial charge in [-0.05, 0) is 120 Å². The Morgan fingerprint density at radius 3 is 2.10 bits per heavy atom. The molecule has 7 aliphatic carbocycles. The highest BCUT2D eigenvalue weighted by Crippen LogP contribution is 2.73. The van der Waals surface area contributed by atoms with Crippen LogP contribution in [0.25, 0.3) is 5.57 Å². The van der Waals surface area contributed by atoms with Crippen LogP contribution in [-0.4, -0.2) is 22.2 Å². The third-order valence-electron chi connectivity index (χ3n) is 9.15. The number of rotatable bonds is 4. The zero-order valence-electron chi connectivity index (χ0n) is 16.5. The maximum Gasteiger partial charge on any atom is 0.336 e. The van der Waals surface area contributed by atoms with Crippen LogP contribution < -0.4 is 0 Å². The van der Waals surface area contributed by atoms with E-state index in [1.807, 2.05) is 16.8 Å². The number of aliphatic carboxylic acids is 2. The molecule has 5 heteroatoms. The van der Waals surface area contributed by atoms with Gasteiger partial charge in [-0.15, -0.1) is 0 Å². The molecule has 0 aromatic carbocycles. The van der Waals surface area contributed by atoms with Gasteiger partial charge in [-0.1, -0.05) is 0 Å². The molecule has 0 spiro atoms. The molecule has 4 unspecified atom stereocenters. The highest BCUT2D eigenvalue weighted by Gasteiger charge is 2.65. The van der Waals surface area contributed by atoms with Crippen molar-refractivity contribution in [1.82, 2.24) is 0 Å². The maximum atomic E-state index is 12.6. The summed E-state index contributed by atoms with van der Waals surface area (Å²) >= 11 is 1.50. The van der Waals surface area contributed by atoms with E-state index in [0.717, 1.165) is 47.6 Å². The van der Waals surface area contributed by atoms with Gasteiger partial charge in [-0.3, -0.25) is 0 Å². The van der Waals surface area contributed by atoms with Crippen LogP contribution in [0.5, 0.6) is 0 Å². The first-order chi connectivity index (χ1) is 14.0. The van der Waals surface area contributed by atoms with E-state index in [1.165, 1.54) is 30.6 Å². The molecular formula is C24H26O4S. The summed E-state index contributed by atoms with van der Waals surface area (Å²) in [5, 5.41) is 24.2. The van der Waals surface area contributed by atoms with Gasteiger partial charge in [-0.2, -0.15) is 11.3 Å². The normalized spacial score (nSPS) is 43.5. The molecule has 4 nitrogen and oxygen atoms in total. The number of carboxylic acids is 2. The van der Waals surface area contributed by atoms with Gasteiger partial charge in [0.1, 0.15) is 0 Å². The highest BCUT2D eigenvalue weighted by atomic mass is 32.1. The fraction of sp³-hybridized carbons (Fsp3) is 0.583. The van der Waals surface area contributed by atoms with E-state index in [2.05, 4.69) is 0 Å². The molecule has 0 amide bonds. The second-order valence-electron chi connectivity index (χ2n) is 10.0. The summed E-state index contributed by atoms with van der Waals surface area (Å²) in [6.07, 6.45) is 6.02. The Morgan fingerprint density at radius 2 is 1.55 bits per heavy atom. The molecule has 7 fully saturated rings. The van der Waals surface area contributed by atoms with Gasteiger partial charge in [0.15, 0.2) is 0 Å². The zero-order chi connectivity index (χ0) is 20.0. The smallest absolute Gasteiger partial charge is 0.336 e. The molecule has 1 aromatic heterocycles. The van der Waals surface area contributed by atoms with Crippen molar-refractivity contribution in [2.75, 3.05) is 0 Å². The van der Waals surface area contributed by atoms with Crippen LogP contribution in [0.15, 0.2) is 33.5 Å². The van der Waals surface area contributed by atoms with Crippen molar-refractivity contribution >= 4 is 28.8 Å². The summed E-state index contributed by atoms with van der Waals surface area (Å²) in [5.74, 6) is 2.79. The molecule has 7 aliphatic rings. The first-order valence-electron chi connectivity index (χ1n) is 10.9. The molecule has 8 rings (SSSR count). The SMILES string of the molecule is C/C(=C(C(=O)O)/C(C(=O)O)=C1\C2CC3C4CC5CC3C1C(C5)C4C2)c1ccsc1. The third kappa shape index (κ3) is 2.31. The number of carbonyl (C=O) groups is 2. The minimum absolute atomic E-state index is 0.0154. The minimum atomic E-state index is -1.11. The topological polar surface area (TPSA) is 74.6 Å². The van der Waals surface area contributed by atoms with E-state index >= 15 is 0 Å². The molecule has 4 atom stereocenters. The van der Waals surface area contributed by atoms with Crippen molar-refractivity contribution in [3.8, 4) is 0 Å². The number of carboxylic acid groups (broad SMARTS) is 2. The van der Waals surface area contributed by atoms with Crippen molar-refractivity contribution in [3.63, 3.8) is 0 Å². The van der Waals surface area contributed by atoms with Crippen LogP contribution in [0.3, 0.4) is 0 Å². The number of allylic oxidation sites excluding steroid dienone is 2. The average molecular weight is 411 g/mol. The summed E-state index contributed by atoms with van der Waals surface area (Å²) in [7, 11) is 0. The Kier molecular flexibility index (Phi) is 3.75. The van der Waals surface area contributed by atoms with Gasteiger partial charge < -0.3 is 10.2 Å². The predicted octanol–water partition coefficient (Wildman–Crippen LogP) is 4.94. The Balaban J connectivity index is 1.57. The molecule has 0 radical (unpaired) electrons. The molecular weight excluding hydrogens is 384 g/mol. The van der Waals surface area contributed by atoms with Crippen molar-refractivity contribution in [2.24, 2.45) is 47.3 Å². The van der Waals surface area contributed by atoms with Gasteiger partial charge in [0.2, 0.25) is 0 Å². The number of thiophene rings is 1. The summed E-state index contributed by atoms with van der Waals surface area (Å²) in [6.45, 7) is 1.76. The quantitative estimate of drug-likeness (QED) is 0.690. The largest absolute Gasteiger partial charge is 0.478 e. The van der Waals surface area contributed by atoms with Gasteiger partial charge in [0.05, 0.1) is 11.1 Å². The minimum Gasteiger partial charge on any atom is -0.478 e. The second kappa shape index (κ2) is 6.07. The first kappa shape index (κ1) is 17.9. The second-order valence-corrected chi connectivity index (χ2v) is 10.8. The van der Waals surface area contributed by atoms with Crippen LogP contribution in [0.2, 0.25) is 0 Å². The number of hydrogen-bond acceptors (Lipinski definition) is 3. The molecule has 7 saturated carbocycles. The molecule has 1 heterocycles. The third-order valence-corrected chi connectivity index (χ3v) is 9.83. The van der Waals surface area contributed by atoms with E-state index in [9.17, 15) is 19.8 Å². The van der Waals surface area contributed by atoms with Crippen LogP contribution in [0.4, 0.5) is 0 Å². The first-order valence-corrected chi connectivity index (χ1v) is 11.8. The lowest BCUT2D eigenvalue weighted by molar-refractivity contribution is -0.177. The lowest BCUT2D eigenvalue weighted by Crippen LogP contribution is -2.63. The molecule has 0 saturated heterocycles. The van der Waals surface area contributed by atoms with Gasteiger partial charge in [-0.25, -0.2) is 9.59 Å². The Hall–Kier alpha value is -1.88. The van der Waals surface area contributed by atoms with Gasteiger partial charge in [0, 0.05) is 0 Å². The van der Waals surface area contributed by atoms with E-state index in [-0.39, 0.29) is 17.1 Å². The van der Waals surface area contributed by atoms with E-state index in [0.29, 0.717) is 23.3 Å². The Labute approximate surface area is 174 Å². The fourth-order valence-electron chi connectivity index (χ4n) is 8.50. The fourth-order valence-corrected chi connectivity index (χ4v) is 9.21. The zero-order valence-corrected chi connectivity index (χ0v) is 17.3. The van der Waals surface area contributed by atoms with Crippen molar-refractivity contribution in [1.29, 1.82) is 0 Å². The summed E-state index contributed by atoms with van der Waals surface area (Å²) in [4.78, 5) is 25.0. The molecule has 29 heavy (non-hydrogen) atoms. The van der Waals surface area contributed by atoms with Gasteiger partial charge >= 0.3 is 11.9 Å². The van der Waals surface area contributed by atoms with Crippen LogP contribution in [0.1, 0.15) is 44.6 Å². The van der Waals surface area contributed by atoms with Crippen LogP contribution >= 0.6 is 11.3 Å². The summed E-state index contributed by atoms with van der Waals surface area (Å²) < 4.78 is 0. The molecule has 2 N–H and O–H groups in total. The van der Waals surface area contributed by atoms with Gasteiger partial charge in [0.25, 0.3) is 0 Å². The average Bonchev–Trinajstić information content (AvgIpc) is 3.23. The lowest BCUT2D eigenvalue weighted by atomic mass is 9.34. The maximum absolute atomic E-state index is 12.6. The molecule has 1 aromatic rings. The van der Waals surface area contributed by atoms with E-state index in [4.69, 9.17) is 0 Å². The van der Waals surface area contributed by atoms with Crippen LogP contribution in [-0.2, 0) is 9.59 Å². The van der Waals surface area contributed by atoms with E-state index in [1.54, 1.807) is 6.92 Å². The van der Waals surface area contributed by atoms with Crippen LogP contribution in [0, 0.1) is 47.3 Å². The van der Waals surface area contributed by atoms with Crippen molar-refractivity contribution in [2.45, 2.75) is 39.0 Å². The Bertz CT molecular complexity index is 947. The predicted molar refractivity (Wildman–Crippen MR) is 110 cm³/mol. The molecule has 152 valence electrons. The van der Waals surface area contributed by atoms with Crippen molar-refractivity contribution < 1.29 is 19.8 Å². The highest BCUT2D eigenvalue weighted by molar-refractivity contribution is 7.08. The number of hydrogen-bond donors (Lipinski definition) is 2. The molecule has 8 bridgehead atoms.